The summed E-state index contributed by atoms with van der Waals surface area (Å²) in [5.74, 6) is -0.443. The Balaban J connectivity index is 1.86. The Morgan fingerprint density at radius 3 is 2.58 bits per heavy atom. The molecule has 2 aromatic rings. The van der Waals surface area contributed by atoms with Gasteiger partial charge in [0.1, 0.15) is 18.2 Å². The van der Waals surface area contributed by atoms with E-state index in [9.17, 15) is 13.7 Å². The summed E-state index contributed by atoms with van der Waals surface area (Å²) in [4.78, 5) is 13.9. The maximum atomic E-state index is 14.5. The highest BCUT2D eigenvalue weighted by Crippen LogP contribution is 2.29. The van der Waals surface area contributed by atoms with Crippen LogP contribution < -0.4 is 10.6 Å². The molecule has 126 valence electrons. The quantitative estimate of drug-likeness (QED) is 0.861. The first-order valence-corrected chi connectivity index (χ1v) is 8.97. The van der Waals surface area contributed by atoms with Crippen molar-refractivity contribution in [3.8, 4) is 11.1 Å². The van der Waals surface area contributed by atoms with Gasteiger partial charge in [0.2, 0.25) is 0 Å². The lowest BCUT2D eigenvalue weighted by molar-refractivity contribution is 0.145. The number of hydrogen-bond donors (Lipinski definition) is 1. The van der Waals surface area contributed by atoms with Crippen LogP contribution in [0.2, 0.25) is 0 Å². The predicted molar refractivity (Wildman–Crippen MR) is 90.8 cm³/mol. The smallest absolute Gasteiger partial charge is 0.414 e. The van der Waals surface area contributed by atoms with Crippen molar-refractivity contribution in [2.45, 2.75) is 11.0 Å². The molecule has 0 bridgehead atoms. The van der Waals surface area contributed by atoms with Gasteiger partial charge in [0.05, 0.1) is 12.2 Å². The van der Waals surface area contributed by atoms with E-state index < -0.39 is 23.1 Å². The molecule has 0 aliphatic carbocycles. The molecular formula is C17H17FN2O3S. The Bertz CT molecular complexity index is 752. The van der Waals surface area contributed by atoms with Crippen molar-refractivity contribution in [1.82, 2.24) is 0 Å². The maximum Gasteiger partial charge on any atom is 0.414 e. The Morgan fingerprint density at radius 2 is 2.04 bits per heavy atom. The summed E-state index contributed by atoms with van der Waals surface area (Å²) in [6.45, 7) is 0.541. The molecule has 2 atom stereocenters. The van der Waals surface area contributed by atoms with Crippen LogP contribution in [0.4, 0.5) is 14.9 Å². The molecule has 1 aliphatic rings. The molecule has 1 saturated heterocycles. The molecule has 0 saturated carbocycles. The molecule has 1 fully saturated rings. The van der Waals surface area contributed by atoms with Gasteiger partial charge in [0.25, 0.3) is 0 Å². The summed E-state index contributed by atoms with van der Waals surface area (Å²) >= 11 is -1.07. The molecule has 7 heteroatoms. The molecule has 2 N–H and O–H groups in total. The van der Waals surface area contributed by atoms with E-state index in [1.54, 1.807) is 42.7 Å². The highest BCUT2D eigenvalue weighted by Gasteiger charge is 2.31. The lowest BCUT2D eigenvalue weighted by Gasteiger charge is -2.14. The highest BCUT2D eigenvalue weighted by atomic mass is 32.2. The maximum absolute atomic E-state index is 14.5. The SMILES string of the molecule is C[S+]([O-])c1ccc(-c2ccc(N3C[C@H](CN)OC3=O)cc2F)cc1. The summed E-state index contributed by atoms with van der Waals surface area (Å²) in [6, 6.07) is 11.5. The van der Waals surface area contributed by atoms with Crippen LogP contribution in [-0.2, 0) is 15.9 Å². The number of carbonyl (C=O) groups excluding carboxylic acids is 1. The Labute approximate surface area is 142 Å². The first kappa shape index (κ1) is 16.8. The van der Waals surface area contributed by atoms with Crippen molar-refractivity contribution in [1.29, 1.82) is 0 Å². The minimum atomic E-state index is -1.07. The minimum absolute atomic E-state index is 0.230. The number of cyclic esters (lactones) is 1. The minimum Gasteiger partial charge on any atom is -0.612 e. The van der Waals surface area contributed by atoms with Crippen molar-refractivity contribution in [3.05, 3.63) is 48.3 Å². The van der Waals surface area contributed by atoms with Gasteiger partial charge in [-0.25, -0.2) is 9.18 Å². The number of anilines is 1. The number of nitrogens with two attached hydrogens (primary N) is 1. The van der Waals surface area contributed by atoms with Crippen LogP contribution in [0.5, 0.6) is 0 Å². The summed E-state index contributed by atoms with van der Waals surface area (Å²) in [7, 11) is 0. The van der Waals surface area contributed by atoms with E-state index in [0.717, 1.165) is 0 Å². The second-order valence-electron chi connectivity index (χ2n) is 5.49. The normalized spacial score (nSPS) is 18.6. The van der Waals surface area contributed by atoms with Crippen LogP contribution in [0, 0.1) is 5.82 Å². The van der Waals surface area contributed by atoms with E-state index in [0.29, 0.717) is 28.3 Å². The van der Waals surface area contributed by atoms with Crippen molar-refractivity contribution in [2.75, 3.05) is 24.2 Å². The molecule has 2 aromatic carbocycles. The lowest BCUT2D eigenvalue weighted by Crippen LogP contribution is -2.27. The van der Waals surface area contributed by atoms with E-state index in [-0.39, 0.29) is 12.6 Å². The zero-order chi connectivity index (χ0) is 17.3. The second-order valence-corrected chi connectivity index (χ2v) is 6.87. The number of amides is 1. The van der Waals surface area contributed by atoms with Gasteiger partial charge < -0.3 is 15.0 Å². The van der Waals surface area contributed by atoms with Crippen LogP contribution in [-0.4, -0.2) is 36.1 Å². The fourth-order valence-corrected chi connectivity index (χ4v) is 3.11. The summed E-state index contributed by atoms with van der Waals surface area (Å²) in [5.41, 5.74) is 7.02. The van der Waals surface area contributed by atoms with Crippen LogP contribution in [0.3, 0.4) is 0 Å². The number of ether oxygens (including phenoxy) is 1. The molecule has 1 aliphatic heterocycles. The van der Waals surface area contributed by atoms with Crippen molar-refractivity contribution >= 4 is 23.0 Å². The van der Waals surface area contributed by atoms with Gasteiger partial charge >= 0.3 is 6.09 Å². The van der Waals surface area contributed by atoms with E-state index in [1.807, 2.05) is 0 Å². The standard InChI is InChI=1S/C17H17FN2O3S/c1-24(22)14-5-2-11(3-6-14)15-7-4-12(8-16(15)18)20-10-13(9-19)23-17(20)21/h2-8,13H,9-10,19H2,1H3/t13-,24?/m0/s1. The molecule has 0 radical (unpaired) electrons. The molecule has 3 rings (SSSR count). The number of nitrogens with zero attached hydrogens (tertiary/aromatic N) is 1. The van der Waals surface area contributed by atoms with E-state index in [4.69, 9.17) is 10.5 Å². The fraction of sp³-hybridized carbons (Fsp3) is 0.235. The molecule has 0 spiro atoms. The number of carbonyl (C=O) groups is 1. The molecule has 1 unspecified atom stereocenters. The Kier molecular flexibility index (Phi) is 4.75. The van der Waals surface area contributed by atoms with Gasteiger partial charge in [0, 0.05) is 12.1 Å². The van der Waals surface area contributed by atoms with Gasteiger partial charge in [-0.15, -0.1) is 0 Å². The molecule has 5 nitrogen and oxygen atoms in total. The van der Waals surface area contributed by atoms with Gasteiger partial charge in [-0.1, -0.05) is 0 Å². The monoisotopic (exact) mass is 348 g/mol. The largest absolute Gasteiger partial charge is 0.612 e. The molecular weight excluding hydrogens is 331 g/mol. The van der Waals surface area contributed by atoms with Crippen LogP contribution in [0.1, 0.15) is 0 Å². The van der Waals surface area contributed by atoms with Crippen LogP contribution in [0.15, 0.2) is 47.4 Å². The predicted octanol–water partition coefficient (Wildman–Crippen LogP) is 2.51. The fourth-order valence-electron chi connectivity index (χ4n) is 2.59. The summed E-state index contributed by atoms with van der Waals surface area (Å²) in [6.07, 6.45) is 0.698. The zero-order valence-corrected chi connectivity index (χ0v) is 13.9. The van der Waals surface area contributed by atoms with Gasteiger partial charge in [-0.05, 0) is 59.2 Å². The third-order valence-electron chi connectivity index (χ3n) is 3.90. The highest BCUT2D eigenvalue weighted by molar-refractivity contribution is 7.90. The second kappa shape index (κ2) is 6.80. The zero-order valence-electron chi connectivity index (χ0n) is 13.1. The van der Waals surface area contributed by atoms with Gasteiger partial charge in [0.15, 0.2) is 4.90 Å². The summed E-state index contributed by atoms with van der Waals surface area (Å²) in [5, 5.41) is 0. The Hall–Kier alpha value is -2.09. The van der Waals surface area contributed by atoms with E-state index >= 15 is 0 Å². The molecule has 0 aromatic heterocycles. The van der Waals surface area contributed by atoms with Crippen molar-refractivity contribution in [2.24, 2.45) is 5.73 Å². The van der Waals surface area contributed by atoms with Gasteiger partial charge in [-0.2, -0.15) is 0 Å². The number of rotatable bonds is 4. The van der Waals surface area contributed by atoms with Crippen molar-refractivity contribution in [3.63, 3.8) is 0 Å². The number of halogens is 1. The number of hydrogen-bond acceptors (Lipinski definition) is 4. The third-order valence-corrected chi connectivity index (χ3v) is 4.83. The van der Waals surface area contributed by atoms with Crippen molar-refractivity contribution < 1.29 is 18.5 Å². The molecule has 24 heavy (non-hydrogen) atoms. The Morgan fingerprint density at radius 1 is 1.33 bits per heavy atom. The molecule has 1 amide bonds. The first-order valence-electron chi connectivity index (χ1n) is 7.41. The number of benzene rings is 2. The van der Waals surface area contributed by atoms with Crippen LogP contribution >= 0.6 is 0 Å². The third kappa shape index (κ3) is 3.24. The van der Waals surface area contributed by atoms with E-state index in [2.05, 4.69) is 0 Å². The van der Waals surface area contributed by atoms with E-state index in [1.165, 1.54) is 11.0 Å². The van der Waals surface area contributed by atoms with Gasteiger partial charge in [-0.3, -0.25) is 4.90 Å². The lowest BCUT2D eigenvalue weighted by atomic mass is 10.0. The van der Waals surface area contributed by atoms with Crippen LogP contribution in [0.25, 0.3) is 11.1 Å². The topological polar surface area (TPSA) is 78.6 Å². The summed E-state index contributed by atoms with van der Waals surface area (Å²) < 4.78 is 31.0. The molecule has 1 heterocycles. The first-order chi connectivity index (χ1) is 11.5. The average Bonchev–Trinajstić information content (AvgIpc) is 2.96. The average molecular weight is 348 g/mol.